The normalized spacial score (nSPS) is 17.6. The predicted octanol–water partition coefficient (Wildman–Crippen LogP) is 4.91. The summed E-state index contributed by atoms with van der Waals surface area (Å²) in [5, 5.41) is 2.98. The van der Waals surface area contributed by atoms with Crippen LogP contribution in [-0.4, -0.2) is 57.2 Å². The fourth-order valence-electron chi connectivity index (χ4n) is 4.16. The van der Waals surface area contributed by atoms with Gasteiger partial charge in [0.2, 0.25) is 0 Å². The molecule has 1 aliphatic heterocycles. The van der Waals surface area contributed by atoms with Crippen LogP contribution in [0.15, 0.2) is 18.2 Å². The number of hydrogen-bond donors (Lipinski definition) is 1. The molecule has 1 saturated heterocycles. The van der Waals surface area contributed by atoms with Gasteiger partial charge in [-0.15, -0.1) is 0 Å². The van der Waals surface area contributed by atoms with Gasteiger partial charge in [0.1, 0.15) is 11.7 Å². The summed E-state index contributed by atoms with van der Waals surface area (Å²) in [6, 6.07) is 5.66. The number of nitrogens with one attached hydrogen (secondary N) is 1. The second kappa shape index (κ2) is 13.6. The number of alkyl carbamates (subject to hydrolysis) is 1. The first-order valence-corrected chi connectivity index (χ1v) is 12.5. The summed E-state index contributed by atoms with van der Waals surface area (Å²) in [5.41, 5.74) is 0.506. The largest absolute Gasteiger partial charge is 0.493 e. The smallest absolute Gasteiger partial charge is 0.408 e. The van der Waals surface area contributed by atoms with Gasteiger partial charge in [0, 0.05) is 26.6 Å². The summed E-state index contributed by atoms with van der Waals surface area (Å²) >= 11 is 0. The third-order valence-electron chi connectivity index (χ3n) is 6.04. The number of cyclic esters (lactones) is 1. The maximum Gasteiger partial charge on any atom is 0.408 e. The second-order valence-electron chi connectivity index (χ2n) is 10.4. The topological polar surface area (TPSA) is 92.3 Å². The van der Waals surface area contributed by atoms with Gasteiger partial charge < -0.3 is 29.0 Å². The van der Waals surface area contributed by atoms with Crippen molar-refractivity contribution in [3.63, 3.8) is 0 Å². The van der Waals surface area contributed by atoms with Crippen LogP contribution in [0.5, 0.6) is 11.5 Å². The standard InChI is InChI=1S/C27H43NO7/c1-18(2)20(15-19-9-10-23(32-7)24(16-19)33-14-8-13-31-6)17-21(22-11-12-25(29)34-22)28-26(30)35-27(3,4)5/h9-10,16,18,20-22H,8,11-15,17H2,1-7H3,(H,28,30)/t20-,21-,22-/m0/s1. The van der Waals surface area contributed by atoms with Crippen molar-refractivity contribution in [2.75, 3.05) is 27.4 Å². The molecule has 0 aromatic heterocycles. The zero-order valence-corrected chi connectivity index (χ0v) is 22.3. The first kappa shape index (κ1) is 28.8. The Morgan fingerprint density at radius 1 is 1.17 bits per heavy atom. The van der Waals surface area contributed by atoms with E-state index in [1.807, 2.05) is 39.0 Å². The summed E-state index contributed by atoms with van der Waals surface area (Å²) in [5.74, 6) is 1.73. The number of hydrogen-bond acceptors (Lipinski definition) is 7. The molecule has 0 bridgehead atoms. The number of amides is 1. The van der Waals surface area contributed by atoms with Crippen LogP contribution < -0.4 is 14.8 Å². The third kappa shape index (κ3) is 9.96. The maximum absolute atomic E-state index is 12.6. The van der Waals surface area contributed by atoms with Gasteiger partial charge in [0.25, 0.3) is 0 Å². The highest BCUT2D eigenvalue weighted by atomic mass is 16.6. The van der Waals surface area contributed by atoms with Gasteiger partial charge in [0.15, 0.2) is 11.5 Å². The van der Waals surface area contributed by atoms with Gasteiger partial charge in [-0.25, -0.2) is 4.79 Å². The van der Waals surface area contributed by atoms with Crippen molar-refractivity contribution in [3.8, 4) is 11.5 Å². The summed E-state index contributed by atoms with van der Waals surface area (Å²) in [4.78, 5) is 24.4. The fraction of sp³-hybridized carbons (Fsp3) is 0.704. The SMILES string of the molecule is COCCCOc1cc(C[C@@H](C[C@H](NC(=O)OC(C)(C)C)[C@@H]2CCC(=O)O2)C(C)C)ccc1OC. The van der Waals surface area contributed by atoms with E-state index in [4.69, 9.17) is 23.7 Å². The number of carbonyl (C=O) groups excluding carboxylic acids is 2. The highest BCUT2D eigenvalue weighted by Gasteiger charge is 2.35. The van der Waals surface area contributed by atoms with Gasteiger partial charge in [-0.2, -0.15) is 0 Å². The summed E-state index contributed by atoms with van der Waals surface area (Å²) < 4.78 is 27.5. The summed E-state index contributed by atoms with van der Waals surface area (Å²) in [6.45, 7) is 11.0. The van der Waals surface area contributed by atoms with Crippen LogP contribution in [0.3, 0.4) is 0 Å². The van der Waals surface area contributed by atoms with Crippen LogP contribution in [0.4, 0.5) is 4.79 Å². The molecule has 0 spiro atoms. The zero-order valence-electron chi connectivity index (χ0n) is 22.3. The van der Waals surface area contributed by atoms with Gasteiger partial charge in [-0.05, 0) is 69.6 Å². The van der Waals surface area contributed by atoms with E-state index < -0.39 is 11.7 Å². The number of methoxy groups -OCH3 is 2. The molecule has 1 amide bonds. The Morgan fingerprint density at radius 3 is 2.49 bits per heavy atom. The molecule has 0 unspecified atom stereocenters. The Bertz CT molecular complexity index is 818. The van der Waals surface area contributed by atoms with Crippen LogP contribution in [-0.2, 0) is 25.4 Å². The lowest BCUT2D eigenvalue weighted by Crippen LogP contribution is -2.47. The van der Waals surface area contributed by atoms with E-state index in [-0.39, 0.29) is 24.0 Å². The fourth-order valence-corrected chi connectivity index (χ4v) is 4.16. The van der Waals surface area contributed by atoms with Crippen molar-refractivity contribution in [3.05, 3.63) is 23.8 Å². The Kier molecular flexibility index (Phi) is 11.1. The molecule has 1 fully saturated rings. The van der Waals surface area contributed by atoms with Crippen LogP contribution >= 0.6 is 0 Å². The van der Waals surface area contributed by atoms with Crippen molar-refractivity contribution in [2.24, 2.45) is 11.8 Å². The molecule has 1 aromatic carbocycles. The third-order valence-corrected chi connectivity index (χ3v) is 6.04. The average molecular weight is 494 g/mol. The molecule has 1 N–H and O–H groups in total. The molecule has 0 saturated carbocycles. The lowest BCUT2D eigenvalue weighted by molar-refractivity contribution is -0.142. The van der Waals surface area contributed by atoms with Crippen molar-refractivity contribution in [1.29, 1.82) is 0 Å². The molecule has 198 valence electrons. The van der Waals surface area contributed by atoms with Crippen molar-refractivity contribution < 1.29 is 33.3 Å². The van der Waals surface area contributed by atoms with Crippen molar-refractivity contribution in [2.45, 2.75) is 84.5 Å². The molecule has 2 rings (SSSR count). The van der Waals surface area contributed by atoms with Crippen molar-refractivity contribution in [1.82, 2.24) is 5.32 Å². The molecule has 1 heterocycles. The Balaban J connectivity index is 2.16. The quantitative estimate of drug-likeness (QED) is 0.308. The maximum atomic E-state index is 12.6. The minimum absolute atomic E-state index is 0.225. The molecule has 8 heteroatoms. The molecule has 1 aromatic rings. The molecule has 35 heavy (non-hydrogen) atoms. The Hall–Kier alpha value is -2.48. The number of ether oxygens (including phenoxy) is 5. The van der Waals surface area contributed by atoms with Crippen LogP contribution in [0, 0.1) is 11.8 Å². The summed E-state index contributed by atoms with van der Waals surface area (Å²) in [7, 11) is 3.30. The number of rotatable bonds is 13. The van der Waals surface area contributed by atoms with Gasteiger partial charge in [-0.3, -0.25) is 4.79 Å². The molecule has 8 nitrogen and oxygen atoms in total. The Morgan fingerprint density at radius 2 is 1.91 bits per heavy atom. The van der Waals surface area contributed by atoms with E-state index in [2.05, 4.69) is 19.2 Å². The molecule has 3 atom stereocenters. The average Bonchev–Trinajstić information content (AvgIpc) is 3.20. The molecule has 0 aliphatic carbocycles. The first-order valence-electron chi connectivity index (χ1n) is 12.5. The molecular weight excluding hydrogens is 450 g/mol. The van der Waals surface area contributed by atoms with Crippen LogP contribution in [0.2, 0.25) is 0 Å². The summed E-state index contributed by atoms with van der Waals surface area (Å²) in [6.07, 6.45) is 2.33. The number of benzene rings is 1. The minimum atomic E-state index is -0.610. The molecular formula is C27H43NO7. The molecule has 1 aliphatic rings. The lowest BCUT2D eigenvalue weighted by atomic mass is 9.82. The Labute approximate surface area is 210 Å². The first-order chi connectivity index (χ1) is 16.5. The van der Waals surface area contributed by atoms with Crippen molar-refractivity contribution >= 4 is 12.1 Å². The molecule has 0 radical (unpaired) electrons. The second-order valence-corrected chi connectivity index (χ2v) is 10.4. The van der Waals surface area contributed by atoms with Crippen LogP contribution in [0.1, 0.15) is 65.9 Å². The predicted molar refractivity (Wildman–Crippen MR) is 134 cm³/mol. The highest BCUT2D eigenvalue weighted by molar-refractivity contribution is 5.72. The van der Waals surface area contributed by atoms with Gasteiger partial charge >= 0.3 is 12.1 Å². The zero-order chi connectivity index (χ0) is 26.0. The number of esters is 1. The van der Waals surface area contributed by atoms with Gasteiger partial charge in [0.05, 0.1) is 19.8 Å². The van der Waals surface area contributed by atoms with Gasteiger partial charge in [-0.1, -0.05) is 19.9 Å². The minimum Gasteiger partial charge on any atom is -0.493 e. The van der Waals surface area contributed by atoms with E-state index in [9.17, 15) is 9.59 Å². The monoisotopic (exact) mass is 493 g/mol. The van der Waals surface area contributed by atoms with E-state index >= 15 is 0 Å². The highest BCUT2D eigenvalue weighted by Crippen LogP contribution is 2.32. The lowest BCUT2D eigenvalue weighted by Gasteiger charge is -2.31. The van der Waals surface area contributed by atoms with E-state index in [0.717, 1.165) is 18.4 Å². The van der Waals surface area contributed by atoms with E-state index in [1.165, 1.54) is 0 Å². The van der Waals surface area contributed by atoms with E-state index in [1.54, 1.807) is 14.2 Å². The van der Waals surface area contributed by atoms with E-state index in [0.29, 0.717) is 49.9 Å². The van der Waals surface area contributed by atoms with Crippen LogP contribution in [0.25, 0.3) is 0 Å². The number of carbonyl (C=O) groups is 2.